The van der Waals surface area contributed by atoms with Gasteiger partial charge in [0.1, 0.15) is 0 Å². The van der Waals surface area contributed by atoms with Crippen LogP contribution in [0, 0.1) is 6.92 Å². The number of aryl methyl sites for hydroxylation is 1. The molecule has 0 unspecified atom stereocenters. The minimum absolute atomic E-state index is 1.15. The molecule has 1 saturated carbocycles. The third-order valence-corrected chi connectivity index (χ3v) is 2.69. The molecule has 0 aliphatic heterocycles. The lowest BCUT2D eigenvalue weighted by molar-refractivity contribution is 1.13. The fraction of sp³-hybridized carbons (Fsp3) is 0.385. The molecule has 0 heterocycles. The predicted molar refractivity (Wildman–Crippen MR) is 56.8 cm³/mol. The van der Waals surface area contributed by atoms with Crippen LogP contribution < -0.4 is 0 Å². The van der Waals surface area contributed by atoms with E-state index in [1.807, 2.05) is 0 Å². The quantitative estimate of drug-likeness (QED) is 0.597. The van der Waals surface area contributed by atoms with Crippen molar-refractivity contribution in [3.05, 3.63) is 46.5 Å². The first-order valence-corrected chi connectivity index (χ1v) is 4.99. The van der Waals surface area contributed by atoms with Gasteiger partial charge in [-0.1, -0.05) is 41.0 Å². The normalized spacial score (nSPS) is 14.5. The standard InChI is InChI=1S/C13H16/c1-10-3-5-12(6-4-10)9-11(2)13-7-8-13/h3-6H,7-9H2,1-2H3. The second kappa shape index (κ2) is 3.37. The maximum atomic E-state index is 2.27. The fourth-order valence-electron chi connectivity index (χ4n) is 1.63. The van der Waals surface area contributed by atoms with E-state index in [-0.39, 0.29) is 0 Å². The Balaban J connectivity index is 2.10. The molecule has 2 rings (SSSR count). The summed E-state index contributed by atoms with van der Waals surface area (Å²) in [4.78, 5) is 0. The molecule has 0 radical (unpaired) electrons. The van der Waals surface area contributed by atoms with Crippen LogP contribution in [-0.2, 0) is 6.42 Å². The van der Waals surface area contributed by atoms with Gasteiger partial charge in [0.15, 0.2) is 0 Å². The van der Waals surface area contributed by atoms with Crippen molar-refractivity contribution in [1.82, 2.24) is 0 Å². The third kappa shape index (κ3) is 2.21. The van der Waals surface area contributed by atoms with Gasteiger partial charge in [-0.05, 0) is 38.7 Å². The Hall–Kier alpha value is -1.04. The second-order valence-corrected chi connectivity index (χ2v) is 4.05. The average molecular weight is 172 g/mol. The molecule has 0 amide bonds. The SMILES string of the molecule is CC(Cc1ccc(C)cc1)=C1CC1. The van der Waals surface area contributed by atoms with Gasteiger partial charge >= 0.3 is 0 Å². The van der Waals surface area contributed by atoms with E-state index in [0.29, 0.717) is 0 Å². The molecule has 13 heavy (non-hydrogen) atoms. The number of hydrogen-bond acceptors (Lipinski definition) is 0. The highest BCUT2D eigenvalue weighted by Crippen LogP contribution is 2.32. The van der Waals surface area contributed by atoms with Crippen molar-refractivity contribution >= 4 is 0 Å². The summed E-state index contributed by atoms with van der Waals surface area (Å²) in [7, 11) is 0. The minimum Gasteiger partial charge on any atom is -0.0703 e. The Morgan fingerprint density at radius 1 is 1.15 bits per heavy atom. The van der Waals surface area contributed by atoms with Crippen LogP contribution in [0.5, 0.6) is 0 Å². The zero-order valence-electron chi connectivity index (χ0n) is 8.43. The molecule has 0 bridgehead atoms. The lowest BCUT2D eigenvalue weighted by Gasteiger charge is -2.01. The van der Waals surface area contributed by atoms with Gasteiger partial charge in [-0.3, -0.25) is 0 Å². The van der Waals surface area contributed by atoms with Crippen molar-refractivity contribution in [2.45, 2.75) is 33.1 Å². The van der Waals surface area contributed by atoms with E-state index < -0.39 is 0 Å². The van der Waals surface area contributed by atoms with Gasteiger partial charge in [0.2, 0.25) is 0 Å². The van der Waals surface area contributed by atoms with Gasteiger partial charge in [0, 0.05) is 0 Å². The van der Waals surface area contributed by atoms with Gasteiger partial charge in [-0.2, -0.15) is 0 Å². The monoisotopic (exact) mass is 172 g/mol. The van der Waals surface area contributed by atoms with E-state index in [4.69, 9.17) is 0 Å². The largest absolute Gasteiger partial charge is 0.0703 e. The first kappa shape index (κ1) is 8.55. The van der Waals surface area contributed by atoms with Crippen LogP contribution in [0.1, 0.15) is 30.9 Å². The Labute approximate surface area is 80.3 Å². The Morgan fingerprint density at radius 3 is 2.31 bits per heavy atom. The maximum absolute atomic E-state index is 2.27. The molecule has 0 N–H and O–H groups in total. The van der Waals surface area contributed by atoms with E-state index >= 15 is 0 Å². The second-order valence-electron chi connectivity index (χ2n) is 4.05. The zero-order chi connectivity index (χ0) is 9.26. The van der Waals surface area contributed by atoms with E-state index in [1.54, 1.807) is 11.1 Å². The van der Waals surface area contributed by atoms with Crippen LogP contribution in [0.25, 0.3) is 0 Å². The highest BCUT2D eigenvalue weighted by molar-refractivity contribution is 5.30. The van der Waals surface area contributed by atoms with Gasteiger partial charge in [0.25, 0.3) is 0 Å². The lowest BCUT2D eigenvalue weighted by Crippen LogP contribution is -1.86. The molecule has 0 nitrogen and oxygen atoms in total. The third-order valence-electron chi connectivity index (χ3n) is 2.69. The molecule has 1 aromatic carbocycles. The highest BCUT2D eigenvalue weighted by atomic mass is 14.2. The summed E-state index contributed by atoms with van der Waals surface area (Å²) in [6.07, 6.45) is 3.84. The van der Waals surface area contributed by atoms with Gasteiger partial charge < -0.3 is 0 Å². The van der Waals surface area contributed by atoms with Crippen LogP contribution in [-0.4, -0.2) is 0 Å². The summed E-state index contributed by atoms with van der Waals surface area (Å²) in [6.45, 7) is 4.40. The summed E-state index contributed by atoms with van der Waals surface area (Å²) < 4.78 is 0. The molecule has 0 spiro atoms. The van der Waals surface area contributed by atoms with Crippen LogP contribution >= 0.6 is 0 Å². The zero-order valence-corrected chi connectivity index (χ0v) is 8.43. The molecule has 1 fully saturated rings. The van der Waals surface area contributed by atoms with Crippen molar-refractivity contribution in [2.24, 2.45) is 0 Å². The van der Waals surface area contributed by atoms with Crippen LogP contribution in [0.15, 0.2) is 35.4 Å². The van der Waals surface area contributed by atoms with Crippen molar-refractivity contribution in [3.63, 3.8) is 0 Å². The summed E-state index contributed by atoms with van der Waals surface area (Å²) in [6, 6.07) is 8.86. The topological polar surface area (TPSA) is 0 Å². The van der Waals surface area contributed by atoms with E-state index in [2.05, 4.69) is 38.1 Å². The smallest absolute Gasteiger partial charge is 0.00672 e. The van der Waals surface area contributed by atoms with E-state index in [9.17, 15) is 0 Å². The molecule has 0 aromatic heterocycles. The molecule has 0 heteroatoms. The molecule has 1 aliphatic rings. The fourth-order valence-corrected chi connectivity index (χ4v) is 1.63. The summed E-state index contributed by atoms with van der Waals surface area (Å²) >= 11 is 0. The number of allylic oxidation sites excluding steroid dienone is 2. The molecule has 0 saturated heterocycles. The molecule has 1 aromatic rings. The Bertz CT molecular complexity index is 322. The average Bonchev–Trinajstić information content (AvgIpc) is 2.91. The van der Waals surface area contributed by atoms with Crippen molar-refractivity contribution in [1.29, 1.82) is 0 Å². The molecular formula is C13H16. The van der Waals surface area contributed by atoms with E-state index in [1.165, 1.54) is 24.0 Å². The van der Waals surface area contributed by atoms with Crippen LogP contribution in [0.2, 0.25) is 0 Å². The van der Waals surface area contributed by atoms with Crippen molar-refractivity contribution in [2.75, 3.05) is 0 Å². The first-order chi connectivity index (χ1) is 6.25. The van der Waals surface area contributed by atoms with E-state index in [0.717, 1.165) is 6.42 Å². The highest BCUT2D eigenvalue weighted by Gasteiger charge is 2.14. The van der Waals surface area contributed by atoms with Gasteiger partial charge in [-0.15, -0.1) is 0 Å². The van der Waals surface area contributed by atoms with Gasteiger partial charge in [0.05, 0.1) is 0 Å². The first-order valence-electron chi connectivity index (χ1n) is 4.99. The molecule has 0 atom stereocenters. The summed E-state index contributed by atoms with van der Waals surface area (Å²) in [5.41, 5.74) is 6.06. The Morgan fingerprint density at radius 2 is 1.77 bits per heavy atom. The predicted octanol–water partition coefficient (Wildman–Crippen LogP) is 3.65. The lowest BCUT2D eigenvalue weighted by atomic mass is 10.0. The molecular weight excluding hydrogens is 156 g/mol. The number of benzene rings is 1. The minimum atomic E-state index is 1.15. The maximum Gasteiger partial charge on any atom is -0.00672 e. The number of rotatable bonds is 2. The van der Waals surface area contributed by atoms with Gasteiger partial charge in [-0.25, -0.2) is 0 Å². The molecule has 1 aliphatic carbocycles. The van der Waals surface area contributed by atoms with Crippen LogP contribution in [0.3, 0.4) is 0 Å². The van der Waals surface area contributed by atoms with Crippen molar-refractivity contribution in [3.8, 4) is 0 Å². The Kier molecular flexibility index (Phi) is 2.22. The van der Waals surface area contributed by atoms with Crippen molar-refractivity contribution < 1.29 is 0 Å². The molecule has 68 valence electrons. The number of hydrogen-bond donors (Lipinski definition) is 0. The summed E-state index contributed by atoms with van der Waals surface area (Å²) in [5, 5.41) is 0. The summed E-state index contributed by atoms with van der Waals surface area (Å²) in [5.74, 6) is 0. The van der Waals surface area contributed by atoms with Crippen LogP contribution in [0.4, 0.5) is 0 Å².